The Bertz CT molecular complexity index is 214. The summed E-state index contributed by atoms with van der Waals surface area (Å²) in [5.74, 6) is 1.24. The zero-order valence-electron chi connectivity index (χ0n) is 11.0. The van der Waals surface area contributed by atoms with Crippen LogP contribution in [0.25, 0.3) is 0 Å². The SMILES string of the molecule is CCCN(CC1CC1)C(=O)C(C)CNCC. The van der Waals surface area contributed by atoms with E-state index in [0.29, 0.717) is 5.91 Å². The first kappa shape index (κ1) is 13.5. The quantitative estimate of drug-likeness (QED) is 0.685. The smallest absolute Gasteiger partial charge is 0.226 e. The third-order valence-electron chi connectivity index (χ3n) is 3.10. The molecule has 0 heterocycles. The van der Waals surface area contributed by atoms with Crippen molar-refractivity contribution in [3.8, 4) is 0 Å². The summed E-state index contributed by atoms with van der Waals surface area (Å²) in [6.07, 6.45) is 3.69. The third-order valence-corrected chi connectivity index (χ3v) is 3.10. The highest BCUT2D eigenvalue weighted by Crippen LogP contribution is 2.30. The highest BCUT2D eigenvalue weighted by atomic mass is 16.2. The molecule has 0 aromatic rings. The van der Waals surface area contributed by atoms with E-state index in [-0.39, 0.29) is 5.92 Å². The fraction of sp³-hybridized carbons (Fsp3) is 0.923. The Morgan fingerprint density at radius 1 is 1.44 bits per heavy atom. The Kier molecular flexibility index (Phi) is 5.81. The van der Waals surface area contributed by atoms with Crippen LogP contribution in [0, 0.1) is 11.8 Å². The highest BCUT2D eigenvalue weighted by molar-refractivity contribution is 5.78. The minimum Gasteiger partial charge on any atom is -0.342 e. The normalized spacial score (nSPS) is 17.2. The fourth-order valence-electron chi connectivity index (χ4n) is 1.93. The van der Waals surface area contributed by atoms with Crippen molar-refractivity contribution in [1.29, 1.82) is 0 Å². The van der Waals surface area contributed by atoms with Crippen LogP contribution in [0.2, 0.25) is 0 Å². The predicted octanol–water partition coefficient (Wildman–Crippen LogP) is 1.88. The Morgan fingerprint density at radius 2 is 2.12 bits per heavy atom. The van der Waals surface area contributed by atoms with Crippen molar-refractivity contribution < 1.29 is 4.79 Å². The summed E-state index contributed by atoms with van der Waals surface area (Å²) >= 11 is 0. The molecule has 1 N–H and O–H groups in total. The van der Waals surface area contributed by atoms with E-state index in [4.69, 9.17) is 0 Å². The molecule has 1 atom stereocenters. The van der Waals surface area contributed by atoms with Crippen molar-refractivity contribution in [1.82, 2.24) is 10.2 Å². The van der Waals surface area contributed by atoms with Crippen molar-refractivity contribution >= 4 is 5.91 Å². The number of nitrogens with zero attached hydrogens (tertiary/aromatic N) is 1. The molecule has 3 heteroatoms. The summed E-state index contributed by atoms with van der Waals surface area (Å²) < 4.78 is 0. The monoisotopic (exact) mass is 226 g/mol. The minimum absolute atomic E-state index is 0.116. The van der Waals surface area contributed by atoms with Gasteiger partial charge >= 0.3 is 0 Å². The summed E-state index contributed by atoms with van der Waals surface area (Å²) in [6.45, 7) is 9.90. The number of nitrogens with one attached hydrogen (secondary N) is 1. The molecule has 0 radical (unpaired) electrons. The summed E-state index contributed by atoms with van der Waals surface area (Å²) in [7, 11) is 0. The molecule has 0 saturated heterocycles. The van der Waals surface area contributed by atoms with Crippen molar-refractivity contribution in [2.24, 2.45) is 11.8 Å². The first-order valence-corrected chi connectivity index (χ1v) is 6.68. The molecule has 1 unspecified atom stereocenters. The highest BCUT2D eigenvalue weighted by Gasteiger charge is 2.28. The van der Waals surface area contributed by atoms with Crippen LogP contribution in [0.3, 0.4) is 0 Å². The van der Waals surface area contributed by atoms with E-state index >= 15 is 0 Å². The van der Waals surface area contributed by atoms with Gasteiger partial charge in [0.05, 0.1) is 0 Å². The molecule has 16 heavy (non-hydrogen) atoms. The van der Waals surface area contributed by atoms with E-state index in [1.807, 2.05) is 6.92 Å². The zero-order chi connectivity index (χ0) is 12.0. The number of hydrogen-bond donors (Lipinski definition) is 1. The second-order valence-electron chi connectivity index (χ2n) is 4.94. The third kappa shape index (κ3) is 4.52. The van der Waals surface area contributed by atoms with Crippen LogP contribution in [0.1, 0.15) is 40.0 Å². The van der Waals surface area contributed by atoms with Crippen LogP contribution >= 0.6 is 0 Å². The number of rotatable bonds is 8. The first-order chi connectivity index (χ1) is 7.69. The van der Waals surface area contributed by atoms with Gasteiger partial charge in [-0.3, -0.25) is 4.79 Å². The Labute approximate surface area is 99.6 Å². The number of hydrogen-bond acceptors (Lipinski definition) is 2. The number of carbonyl (C=O) groups excluding carboxylic acids is 1. The van der Waals surface area contributed by atoms with Gasteiger partial charge < -0.3 is 10.2 Å². The molecular weight excluding hydrogens is 200 g/mol. The van der Waals surface area contributed by atoms with E-state index < -0.39 is 0 Å². The van der Waals surface area contributed by atoms with E-state index in [9.17, 15) is 4.79 Å². The summed E-state index contributed by atoms with van der Waals surface area (Å²) in [5, 5.41) is 3.25. The first-order valence-electron chi connectivity index (χ1n) is 6.68. The van der Waals surface area contributed by atoms with Crippen LogP contribution < -0.4 is 5.32 Å². The zero-order valence-corrected chi connectivity index (χ0v) is 11.0. The molecule has 1 aliphatic carbocycles. The van der Waals surface area contributed by atoms with E-state index in [1.165, 1.54) is 12.8 Å². The number of carbonyl (C=O) groups is 1. The van der Waals surface area contributed by atoms with Gasteiger partial charge in [0, 0.05) is 25.6 Å². The molecule has 3 nitrogen and oxygen atoms in total. The Morgan fingerprint density at radius 3 is 2.62 bits per heavy atom. The predicted molar refractivity (Wildman–Crippen MR) is 67.3 cm³/mol. The average Bonchev–Trinajstić information content (AvgIpc) is 3.08. The van der Waals surface area contributed by atoms with Gasteiger partial charge in [-0.25, -0.2) is 0 Å². The van der Waals surface area contributed by atoms with E-state index in [2.05, 4.69) is 24.1 Å². The maximum Gasteiger partial charge on any atom is 0.226 e. The van der Waals surface area contributed by atoms with Gasteiger partial charge in [-0.2, -0.15) is 0 Å². The van der Waals surface area contributed by atoms with Gasteiger partial charge in [-0.15, -0.1) is 0 Å². The molecule has 1 aliphatic rings. The molecule has 1 rings (SSSR count). The van der Waals surface area contributed by atoms with Crippen molar-refractivity contribution in [3.05, 3.63) is 0 Å². The largest absolute Gasteiger partial charge is 0.342 e. The van der Waals surface area contributed by atoms with Crippen molar-refractivity contribution in [2.75, 3.05) is 26.2 Å². The van der Waals surface area contributed by atoms with Gasteiger partial charge in [-0.1, -0.05) is 20.8 Å². The Hall–Kier alpha value is -0.570. The molecule has 1 amide bonds. The number of amides is 1. The van der Waals surface area contributed by atoms with Gasteiger partial charge in [0.1, 0.15) is 0 Å². The summed E-state index contributed by atoms with van der Waals surface area (Å²) in [4.78, 5) is 14.3. The molecule has 0 bridgehead atoms. The molecule has 1 saturated carbocycles. The van der Waals surface area contributed by atoms with Gasteiger partial charge in [-0.05, 0) is 31.7 Å². The summed E-state index contributed by atoms with van der Waals surface area (Å²) in [5.41, 5.74) is 0. The molecule has 0 aromatic carbocycles. The molecular formula is C13H26N2O. The Balaban J connectivity index is 2.37. The lowest BCUT2D eigenvalue weighted by Crippen LogP contribution is -2.40. The van der Waals surface area contributed by atoms with Crippen molar-refractivity contribution in [3.63, 3.8) is 0 Å². The van der Waals surface area contributed by atoms with Crippen molar-refractivity contribution in [2.45, 2.75) is 40.0 Å². The van der Waals surface area contributed by atoms with Crippen LogP contribution in [0.5, 0.6) is 0 Å². The molecule has 0 aromatic heterocycles. The van der Waals surface area contributed by atoms with Crippen LogP contribution in [-0.2, 0) is 4.79 Å². The molecule has 0 aliphatic heterocycles. The van der Waals surface area contributed by atoms with Gasteiger partial charge in [0.15, 0.2) is 0 Å². The second-order valence-corrected chi connectivity index (χ2v) is 4.94. The van der Waals surface area contributed by atoms with E-state index in [0.717, 1.165) is 38.5 Å². The van der Waals surface area contributed by atoms with Crippen LogP contribution in [-0.4, -0.2) is 37.0 Å². The van der Waals surface area contributed by atoms with Crippen LogP contribution in [0.4, 0.5) is 0 Å². The van der Waals surface area contributed by atoms with Crippen LogP contribution in [0.15, 0.2) is 0 Å². The lowest BCUT2D eigenvalue weighted by atomic mass is 10.1. The standard InChI is InChI=1S/C13H26N2O/c1-4-8-15(10-12-6-7-12)13(16)11(3)9-14-5-2/h11-12,14H,4-10H2,1-3H3. The fourth-order valence-corrected chi connectivity index (χ4v) is 1.93. The minimum atomic E-state index is 0.116. The summed E-state index contributed by atoms with van der Waals surface area (Å²) in [6, 6.07) is 0. The average molecular weight is 226 g/mol. The topological polar surface area (TPSA) is 32.3 Å². The van der Waals surface area contributed by atoms with Gasteiger partial charge in [0.2, 0.25) is 5.91 Å². The lowest BCUT2D eigenvalue weighted by molar-refractivity contribution is -0.135. The van der Waals surface area contributed by atoms with Gasteiger partial charge in [0.25, 0.3) is 0 Å². The molecule has 0 spiro atoms. The maximum atomic E-state index is 12.2. The maximum absolute atomic E-state index is 12.2. The lowest BCUT2D eigenvalue weighted by Gasteiger charge is -2.25. The van der Waals surface area contributed by atoms with E-state index in [1.54, 1.807) is 0 Å². The second kappa shape index (κ2) is 6.89. The molecule has 1 fully saturated rings. The molecule has 94 valence electrons.